The number of aliphatic carboxylic acids is 1. The van der Waals surface area contributed by atoms with E-state index >= 15 is 0 Å². The molecule has 0 aliphatic heterocycles. The lowest BCUT2D eigenvalue weighted by molar-refractivity contribution is -0.242. The minimum Gasteiger partial charge on any atom is -0.481 e. The van der Waals surface area contributed by atoms with Crippen molar-refractivity contribution < 1.29 is 23.1 Å². The summed E-state index contributed by atoms with van der Waals surface area (Å²) in [7, 11) is 0. The van der Waals surface area contributed by atoms with Crippen molar-refractivity contribution >= 4 is 5.97 Å². The molecule has 1 N–H and O–H groups in total. The minimum atomic E-state index is -4.70. The highest BCUT2D eigenvalue weighted by Crippen LogP contribution is 2.47. The van der Waals surface area contributed by atoms with E-state index in [1.807, 2.05) is 0 Å². The molecule has 0 spiro atoms. The van der Waals surface area contributed by atoms with Crippen molar-refractivity contribution in [1.29, 1.82) is 0 Å². The zero-order valence-electron chi connectivity index (χ0n) is 9.19. The number of alkyl halides is 3. The van der Waals surface area contributed by atoms with Crippen LogP contribution in [0.25, 0.3) is 0 Å². The monoisotopic (exact) mass is 226 g/mol. The summed E-state index contributed by atoms with van der Waals surface area (Å²) in [4.78, 5) is 10.8. The molecule has 15 heavy (non-hydrogen) atoms. The van der Waals surface area contributed by atoms with E-state index in [1.54, 1.807) is 13.8 Å². The van der Waals surface area contributed by atoms with Gasteiger partial charge < -0.3 is 5.11 Å². The molecule has 0 aliphatic rings. The van der Waals surface area contributed by atoms with E-state index in [0.717, 1.165) is 6.92 Å². The molecule has 0 aromatic carbocycles. The first-order valence-electron chi connectivity index (χ1n) is 5.01. The summed E-state index contributed by atoms with van der Waals surface area (Å²) in [6, 6.07) is 0. The maximum Gasteiger partial charge on any atom is 0.404 e. The molecular formula is C10H17F3O2. The summed E-state index contributed by atoms with van der Waals surface area (Å²) in [5, 5.41) is 8.78. The summed E-state index contributed by atoms with van der Waals surface area (Å²) in [5.41, 5.74) is -2.63. The first-order valence-corrected chi connectivity index (χ1v) is 5.01. The molecule has 5 heteroatoms. The highest BCUT2D eigenvalue weighted by molar-refractivity contribution is 5.75. The van der Waals surface area contributed by atoms with E-state index < -0.39 is 23.5 Å². The Bertz CT molecular complexity index is 225. The molecule has 0 heterocycles. The van der Waals surface area contributed by atoms with Gasteiger partial charge in [0, 0.05) is 0 Å². The lowest BCUT2D eigenvalue weighted by Gasteiger charge is -2.35. The second-order valence-electron chi connectivity index (χ2n) is 3.90. The van der Waals surface area contributed by atoms with Crippen LogP contribution in [-0.4, -0.2) is 17.3 Å². The third kappa shape index (κ3) is 2.63. The summed E-state index contributed by atoms with van der Waals surface area (Å²) < 4.78 is 38.2. The van der Waals surface area contributed by atoms with E-state index in [4.69, 9.17) is 5.11 Å². The van der Waals surface area contributed by atoms with E-state index in [-0.39, 0.29) is 12.8 Å². The number of carboxylic acids is 1. The van der Waals surface area contributed by atoms with Crippen LogP contribution in [0.1, 0.15) is 40.0 Å². The minimum absolute atomic E-state index is 0.218. The molecule has 0 fully saturated rings. The van der Waals surface area contributed by atoms with E-state index in [1.165, 1.54) is 0 Å². The van der Waals surface area contributed by atoms with Crippen LogP contribution in [0.2, 0.25) is 0 Å². The van der Waals surface area contributed by atoms with Gasteiger partial charge in [-0.05, 0) is 19.3 Å². The van der Waals surface area contributed by atoms with Gasteiger partial charge in [-0.2, -0.15) is 13.2 Å². The molecule has 90 valence electrons. The predicted octanol–water partition coefficient (Wildman–Crippen LogP) is 3.47. The Morgan fingerprint density at radius 1 is 1.33 bits per heavy atom. The Hall–Kier alpha value is -0.740. The Morgan fingerprint density at radius 3 is 2.00 bits per heavy atom. The van der Waals surface area contributed by atoms with Crippen molar-refractivity contribution in [3.63, 3.8) is 0 Å². The van der Waals surface area contributed by atoms with Gasteiger partial charge in [0.25, 0.3) is 0 Å². The lowest BCUT2D eigenvalue weighted by Crippen LogP contribution is -2.48. The Balaban J connectivity index is 5.17. The van der Waals surface area contributed by atoms with Crippen molar-refractivity contribution in [1.82, 2.24) is 0 Å². The van der Waals surface area contributed by atoms with Crippen LogP contribution in [-0.2, 0) is 4.79 Å². The van der Waals surface area contributed by atoms with Crippen LogP contribution in [0.5, 0.6) is 0 Å². The average Bonchev–Trinajstić information content (AvgIpc) is 2.10. The summed E-state index contributed by atoms with van der Waals surface area (Å²) in [5.74, 6) is -2.64. The molecule has 0 aromatic heterocycles. The highest BCUT2D eigenvalue weighted by Gasteiger charge is 2.60. The number of hydrogen-bond acceptors (Lipinski definition) is 1. The third-order valence-corrected chi connectivity index (χ3v) is 2.98. The van der Waals surface area contributed by atoms with Gasteiger partial charge in [-0.15, -0.1) is 0 Å². The zero-order valence-corrected chi connectivity index (χ0v) is 9.19. The Kier molecular flexibility index (Phi) is 4.62. The quantitative estimate of drug-likeness (QED) is 0.779. The first kappa shape index (κ1) is 14.3. The van der Waals surface area contributed by atoms with Crippen molar-refractivity contribution in [3.8, 4) is 0 Å². The van der Waals surface area contributed by atoms with Gasteiger partial charge in [-0.3, -0.25) is 4.79 Å². The maximum absolute atomic E-state index is 12.7. The number of carbonyl (C=O) groups is 1. The molecule has 0 radical (unpaired) electrons. The van der Waals surface area contributed by atoms with Gasteiger partial charge in [0.05, 0.1) is 0 Å². The molecule has 0 aliphatic carbocycles. The van der Waals surface area contributed by atoms with Gasteiger partial charge in [0.15, 0.2) is 5.41 Å². The normalized spacial score (nSPS) is 18.3. The number of rotatable bonds is 5. The van der Waals surface area contributed by atoms with E-state index in [9.17, 15) is 18.0 Å². The highest BCUT2D eigenvalue weighted by atomic mass is 19.4. The molecular weight excluding hydrogens is 209 g/mol. The second-order valence-corrected chi connectivity index (χ2v) is 3.90. The van der Waals surface area contributed by atoms with Crippen LogP contribution < -0.4 is 0 Å². The van der Waals surface area contributed by atoms with Gasteiger partial charge in [-0.25, -0.2) is 0 Å². The smallest absolute Gasteiger partial charge is 0.404 e. The molecule has 0 saturated carbocycles. The van der Waals surface area contributed by atoms with Gasteiger partial charge in [0.1, 0.15) is 0 Å². The fraction of sp³-hybridized carbons (Fsp3) is 0.900. The summed E-state index contributed by atoms with van der Waals surface area (Å²) in [6.45, 7) is 4.12. The molecule has 0 amide bonds. The van der Waals surface area contributed by atoms with E-state index in [2.05, 4.69) is 0 Å². The van der Waals surface area contributed by atoms with Crippen LogP contribution in [0.3, 0.4) is 0 Å². The molecule has 0 bridgehead atoms. The largest absolute Gasteiger partial charge is 0.481 e. The zero-order chi connectivity index (χ0) is 12.3. The third-order valence-electron chi connectivity index (χ3n) is 2.98. The average molecular weight is 226 g/mol. The molecule has 2 nitrogen and oxygen atoms in total. The van der Waals surface area contributed by atoms with Crippen molar-refractivity contribution in [2.75, 3.05) is 0 Å². The van der Waals surface area contributed by atoms with E-state index in [0.29, 0.717) is 6.42 Å². The molecule has 0 rings (SSSR count). The number of halogens is 3. The van der Waals surface area contributed by atoms with Crippen LogP contribution in [0.4, 0.5) is 13.2 Å². The van der Waals surface area contributed by atoms with Crippen molar-refractivity contribution in [2.45, 2.75) is 46.2 Å². The predicted molar refractivity (Wildman–Crippen MR) is 50.5 cm³/mol. The van der Waals surface area contributed by atoms with Crippen molar-refractivity contribution in [3.05, 3.63) is 0 Å². The van der Waals surface area contributed by atoms with Gasteiger partial charge in [-0.1, -0.05) is 26.7 Å². The molecule has 0 aromatic rings. The maximum atomic E-state index is 12.7. The van der Waals surface area contributed by atoms with Gasteiger partial charge >= 0.3 is 12.1 Å². The number of carboxylic acid groups (broad SMARTS) is 1. The lowest BCUT2D eigenvalue weighted by atomic mass is 9.73. The Morgan fingerprint density at radius 2 is 1.80 bits per heavy atom. The first-order chi connectivity index (χ1) is 6.71. The van der Waals surface area contributed by atoms with Crippen molar-refractivity contribution in [2.24, 2.45) is 11.3 Å². The number of hydrogen-bond donors (Lipinski definition) is 1. The standard InChI is InChI=1S/C10H17F3O2/c1-4-6-7(5-2)9(3,8(14)15)10(11,12)13/h7H,4-6H2,1-3H3,(H,14,15). The Labute approximate surface area is 87.5 Å². The fourth-order valence-corrected chi connectivity index (χ4v) is 1.78. The fourth-order valence-electron chi connectivity index (χ4n) is 1.78. The second kappa shape index (κ2) is 4.86. The van der Waals surface area contributed by atoms with Crippen LogP contribution in [0.15, 0.2) is 0 Å². The summed E-state index contributed by atoms with van der Waals surface area (Å²) >= 11 is 0. The van der Waals surface area contributed by atoms with Crippen LogP contribution >= 0.6 is 0 Å². The SMILES string of the molecule is CCCC(CC)C(C)(C(=O)O)C(F)(F)F. The van der Waals surface area contributed by atoms with Gasteiger partial charge in [0.2, 0.25) is 0 Å². The molecule has 2 atom stereocenters. The van der Waals surface area contributed by atoms with Crippen LogP contribution in [0, 0.1) is 11.3 Å². The summed E-state index contributed by atoms with van der Waals surface area (Å²) in [6.07, 6.45) is -3.65. The molecule has 2 unspecified atom stereocenters. The topological polar surface area (TPSA) is 37.3 Å². The molecule has 0 saturated heterocycles.